The molecule has 26 heavy (non-hydrogen) atoms. The van der Waals surface area contributed by atoms with Crippen molar-refractivity contribution in [3.8, 4) is 5.75 Å². The van der Waals surface area contributed by atoms with Crippen LogP contribution in [0.15, 0.2) is 24.3 Å². The van der Waals surface area contributed by atoms with Gasteiger partial charge in [-0.15, -0.1) is 0 Å². The van der Waals surface area contributed by atoms with Crippen molar-refractivity contribution in [3.05, 3.63) is 35.5 Å². The molecule has 0 saturated heterocycles. The molecule has 7 heteroatoms. The summed E-state index contributed by atoms with van der Waals surface area (Å²) in [5, 5.41) is 6.22. The lowest BCUT2D eigenvalue weighted by atomic mass is 10.1. The monoisotopic (exact) mass is 359 g/mol. The summed E-state index contributed by atoms with van der Waals surface area (Å²) in [5.41, 5.74) is 1.34. The number of amides is 2. The van der Waals surface area contributed by atoms with Crippen LogP contribution >= 0.6 is 0 Å². The maximum atomic E-state index is 12.4. The molecule has 7 nitrogen and oxygen atoms in total. The maximum Gasteiger partial charge on any atom is 0.407 e. The molecule has 1 aromatic carbocycles. The van der Waals surface area contributed by atoms with Gasteiger partial charge in [0.15, 0.2) is 0 Å². The molecule has 0 saturated carbocycles. The number of carbonyl (C=O) groups excluding carboxylic acids is 2. The van der Waals surface area contributed by atoms with Crippen molar-refractivity contribution in [2.45, 2.75) is 33.3 Å². The van der Waals surface area contributed by atoms with Crippen molar-refractivity contribution < 1.29 is 19.1 Å². The van der Waals surface area contributed by atoms with Gasteiger partial charge in [0.2, 0.25) is 0 Å². The molecule has 0 unspecified atom stereocenters. The molecule has 140 valence electrons. The van der Waals surface area contributed by atoms with Crippen LogP contribution in [-0.4, -0.2) is 42.8 Å². The van der Waals surface area contributed by atoms with E-state index in [4.69, 9.17) is 9.47 Å². The van der Waals surface area contributed by atoms with Crippen LogP contribution in [0.3, 0.4) is 0 Å². The van der Waals surface area contributed by atoms with E-state index in [0.717, 1.165) is 16.7 Å². The zero-order chi connectivity index (χ0) is 19.3. The summed E-state index contributed by atoms with van der Waals surface area (Å²) < 4.78 is 10.3. The Kier molecular flexibility index (Phi) is 6.02. The van der Waals surface area contributed by atoms with E-state index in [-0.39, 0.29) is 19.0 Å². The van der Waals surface area contributed by atoms with Crippen LogP contribution in [0.5, 0.6) is 5.75 Å². The van der Waals surface area contributed by atoms with Crippen molar-refractivity contribution in [2.24, 2.45) is 0 Å². The minimum Gasteiger partial charge on any atom is -0.497 e. The number of carbonyl (C=O) groups is 2. The van der Waals surface area contributed by atoms with Gasteiger partial charge in [-0.05, 0) is 45.9 Å². The first kappa shape index (κ1) is 19.5. The lowest BCUT2D eigenvalue weighted by Gasteiger charge is -2.19. The van der Waals surface area contributed by atoms with E-state index in [1.54, 1.807) is 40.9 Å². The Balaban J connectivity index is 1.95. The number of aromatic nitrogens is 1. The summed E-state index contributed by atoms with van der Waals surface area (Å²) in [6.07, 6.45) is -0.510. The topological polar surface area (TPSA) is 89.6 Å². The lowest BCUT2D eigenvalue weighted by molar-refractivity contribution is 0.0526. The second-order valence-electron chi connectivity index (χ2n) is 6.86. The molecule has 2 amide bonds. The average Bonchev–Trinajstić information content (AvgIpc) is 2.55. The fourth-order valence-corrected chi connectivity index (χ4v) is 2.35. The number of hydrogen-bond donors (Lipinski definition) is 2. The van der Waals surface area contributed by atoms with Gasteiger partial charge in [-0.1, -0.05) is 0 Å². The van der Waals surface area contributed by atoms with Crippen LogP contribution < -0.4 is 15.4 Å². The third-order valence-corrected chi connectivity index (χ3v) is 3.54. The standard InChI is InChI=1S/C19H25N3O4/c1-12-15(10-13-6-7-14(25-5)11-16(13)22-12)17(23)20-8-9-21-18(24)26-19(2,3)4/h6-7,10-11H,8-9H2,1-5H3,(H,20,23)(H,21,24). The van der Waals surface area contributed by atoms with E-state index in [9.17, 15) is 9.59 Å². The molecule has 0 bridgehead atoms. The zero-order valence-electron chi connectivity index (χ0n) is 15.8. The van der Waals surface area contributed by atoms with Crippen molar-refractivity contribution >= 4 is 22.9 Å². The molecule has 0 aliphatic heterocycles. The number of nitrogens with zero attached hydrogens (tertiary/aromatic N) is 1. The molecule has 0 radical (unpaired) electrons. The molecule has 1 aromatic heterocycles. The first-order valence-electron chi connectivity index (χ1n) is 8.40. The first-order chi connectivity index (χ1) is 12.2. The highest BCUT2D eigenvalue weighted by atomic mass is 16.6. The third kappa shape index (κ3) is 5.34. The number of alkyl carbamates (subject to hydrolysis) is 1. The van der Waals surface area contributed by atoms with E-state index >= 15 is 0 Å². The molecule has 2 aromatic rings. The Morgan fingerprint density at radius 3 is 2.46 bits per heavy atom. The Labute approximate surface area is 153 Å². The van der Waals surface area contributed by atoms with Crippen molar-refractivity contribution in [2.75, 3.05) is 20.2 Å². The molecule has 0 fully saturated rings. The number of aryl methyl sites for hydroxylation is 1. The van der Waals surface area contributed by atoms with Gasteiger partial charge in [0.05, 0.1) is 23.9 Å². The Morgan fingerprint density at radius 2 is 1.81 bits per heavy atom. The van der Waals surface area contributed by atoms with Gasteiger partial charge in [0.1, 0.15) is 11.4 Å². The Bertz CT molecular complexity index is 812. The predicted molar refractivity (Wildman–Crippen MR) is 99.6 cm³/mol. The smallest absolute Gasteiger partial charge is 0.407 e. The molecule has 0 atom stereocenters. The van der Waals surface area contributed by atoms with Crippen LogP contribution in [0.4, 0.5) is 4.79 Å². The number of rotatable bonds is 5. The van der Waals surface area contributed by atoms with E-state index in [0.29, 0.717) is 11.3 Å². The predicted octanol–water partition coefficient (Wildman–Crippen LogP) is 2.81. The van der Waals surface area contributed by atoms with Crippen LogP contribution in [0.1, 0.15) is 36.8 Å². The molecule has 0 spiro atoms. The Hall–Kier alpha value is -2.83. The molecule has 1 heterocycles. The van der Waals surface area contributed by atoms with Crippen molar-refractivity contribution in [3.63, 3.8) is 0 Å². The minimum atomic E-state index is -0.552. The summed E-state index contributed by atoms with van der Waals surface area (Å²) in [5.74, 6) is 0.480. The van der Waals surface area contributed by atoms with E-state index in [1.165, 1.54) is 0 Å². The quantitative estimate of drug-likeness (QED) is 0.801. The van der Waals surface area contributed by atoms with Crippen LogP contribution in [0.25, 0.3) is 10.9 Å². The number of benzene rings is 1. The average molecular weight is 359 g/mol. The van der Waals surface area contributed by atoms with E-state index < -0.39 is 11.7 Å². The van der Waals surface area contributed by atoms with Gasteiger partial charge in [0.25, 0.3) is 5.91 Å². The number of pyridine rings is 1. The minimum absolute atomic E-state index is 0.237. The summed E-state index contributed by atoms with van der Waals surface area (Å²) in [7, 11) is 1.60. The molecular formula is C19H25N3O4. The van der Waals surface area contributed by atoms with Gasteiger partial charge in [0, 0.05) is 24.5 Å². The van der Waals surface area contributed by atoms with Crippen LogP contribution in [0, 0.1) is 6.92 Å². The van der Waals surface area contributed by atoms with Gasteiger partial charge in [-0.25, -0.2) is 4.79 Å². The molecule has 2 N–H and O–H groups in total. The first-order valence-corrected chi connectivity index (χ1v) is 8.40. The number of methoxy groups -OCH3 is 1. The zero-order valence-corrected chi connectivity index (χ0v) is 15.8. The van der Waals surface area contributed by atoms with Gasteiger partial charge < -0.3 is 20.1 Å². The Morgan fingerprint density at radius 1 is 1.12 bits per heavy atom. The normalized spacial score (nSPS) is 11.1. The van der Waals surface area contributed by atoms with Crippen LogP contribution in [-0.2, 0) is 4.74 Å². The van der Waals surface area contributed by atoms with Crippen molar-refractivity contribution in [1.82, 2.24) is 15.6 Å². The van der Waals surface area contributed by atoms with Gasteiger partial charge in [-0.2, -0.15) is 0 Å². The fraction of sp³-hybridized carbons (Fsp3) is 0.421. The molecule has 0 aliphatic rings. The maximum absolute atomic E-state index is 12.4. The van der Waals surface area contributed by atoms with Gasteiger partial charge >= 0.3 is 6.09 Å². The second kappa shape index (κ2) is 8.03. The number of fused-ring (bicyclic) bond motifs is 1. The number of nitrogens with one attached hydrogen (secondary N) is 2. The highest BCUT2D eigenvalue weighted by molar-refractivity contribution is 5.98. The van der Waals surface area contributed by atoms with E-state index in [1.807, 2.05) is 18.2 Å². The SMILES string of the molecule is COc1ccc2cc(C(=O)NCCNC(=O)OC(C)(C)C)c(C)nc2c1. The summed E-state index contributed by atoms with van der Waals surface area (Å²) in [6.45, 7) is 7.72. The van der Waals surface area contributed by atoms with E-state index in [2.05, 4.69) is 15.6 Å². The van der Waals surface area contributed by atoms with Crippen LogP contribution in [0.2, 0.25) is 0 Å². The number of hydrogen-bond acceptors (Lipinski definition) is 5. The molecule has 0 aliphatic carbocycles. The summed E-state index contributed by atoms with van der Waals surface area (Å²) in [6, 6.07) is 7.32. The third-order valence-electron chi connectivity index (χ3n) is 3.54. The highest BCUT2D eigenvalue weighted by Gasteiger charge is 2.16. The van der Waals surface area contributed by atoms with Gasteiger partial charge in [-0.3, -0.25) is 9.78 Å². The highest BCUT2D eigenvalue weighted by Crippen LogP contribution is 2.21. The fourth-order valence-electron chi connectivity index (χ4n) is 2.35. The molecular weight excluding hydrogens is 334 g/mol. The summed E-state index contributed by atoms with van der Waals surface area (Å²) >= 11 is 0. The molecule has 2 rings (SSSR count). The number of ether oxygens (including phenoxy) is 2. The lowest BCUT2D eigenvalue weighted by Crippen LogP contribution is -2.38. The second-order valence-corrected chi connectivity index (χ2v) is 6.86. The largest absolute Gasteiger partial charge is 0.497 e. The summed E-state index contributed by atoms with van der Waals surface area (Å²) in [4.78, 5) is 28.4. The van der Waals surface area contributed by atoms with Crippen molar-refractivity contribution in [1.29, 1.82) is 0 Å².